The van der Waals surface area contributed by atoms with Gasteiger partial charge in [-0.05, 0) is 83.5 Å². The third-order valence-corrected chi connectivity index (χ3v) is 11.2. The molecule has 0 amide bonds. The molecule has 0 aromatic carbocycles. The molecule has 360 valence electrons. The Hall–Kier alpha value is -2.97. The van der Waals surface area contributed by atoms with E-state index in [1.165, 1.54) is 0 Å². The van der Waals surface area contributed by atoms with Crippen molar-refractivity contribution in [3.8, 4) is 0 Å². The fourth-order valence-electron chi connectivity index (χ4n) is 6.53. The minimum atomic E-state index is -5.13. The van der Waals surface area contributed by atoms with Crippen LogP contribution in [0.2, 0.25) is 0 Å². The first-order chi connectivity index (χ1) is 30.4. The molecule has 0 heterocycles. The molecule has 6 atom stereocenters. The summed E-state index contributed by atoms with van der Waals surface area (Å²) in [6, 6.07) is 0. The fourth-order valence-corrected chi connectivity index (χ4v) is 7.50. The lowest BCUT2D eigenvalue weighted by Crippen LogP contribution is -2.64. The molecular formula is C49H81O13P. The number of aliphatic hydroxyl groups excluding tert-OH is 5. The van der Waals surface area contributed by atoms with Crippen LogP contribution in [0.25, 0.3) is 0 Å². The first kappa shape index (κ1) is 58.0. The molecule has 0 bridgehead atoms. The van der Waals surface area contributed by atoms with Gasteiger partial charge in [-0.25, -0.2) is 4.57 Å². The summed E-state index contributed by atoms with van der Waals surface area (Å²) in [4.78, 5) is 35.7. The molecule has 6 N–H and O–H groups in total. The van der Waals surface area contributed by atoms with Crippen LogP contribution in [0.5, 0.6) is 0 Å². The molecule has 63 heavy (non-hydrogen) atoms. The Bertz CT molecular complexity index is 1420. The molecular weight excluding hydrogens is 828 g/mol. The second kappa shape index (κ2) is 38.3. The van der Waals surface area contributed by atoms with E-state index in [-0.39, 0.29) is 12.8 Å². The van der Waals surface area contributed by atoms with E-state index in [2.05, 4.69) is 98.9 Å². The smallest absolute Gasteiger partial charge is 0.462 e. The topological polar surface area (TPSA) is 210 Å². The molecule has 0 aromatic heterocycles. The standard InChI is InChI=1S/C49H81O13P/c1-3-5-7-9-11-13-15-17-19-21-23-25-27-29-31-33-35-37-42(50)59-39-41(40-60-63(57,58)62-49-47(55)45(53)44(52)46(54)48(49)56)61-43(51)38-36-34-32-30-28-26-24-22-20-18-16-14-12-10-8-6-4-2/h5-8,11-14,17-20,24,26,41,44-49,52-56H,3-4,9-10,15-16,21-23,25,27-40H2,1-2H3,(H,57,58)/b7-5-,8-6-,13-11-,14-12-,19-17-,20-18-,26-24-. The van der Waals surface area contributed by atoms with E-state index in [4.69, 9.17) is 18.5 Å². The zero-order valence-electron chi connectivity index (χ0n) is 38.1. The normalized spacial score (nSPS) is 22.5. The number of rotatable bonds is 37. The fraction of sp³-hybridized carbons (Fsp3) is 0.673. The van der Waals surface area contributed by atoms with E-state index in [1.54, 1.807) is 0 Å². The highest BCUT2D eigenvalue weighted by molar-refractivity contribution is 7.47. The van der Waals surface area contributed by atoms with Gasteiger partial charge < -0.3 is 39.9 Å². The van der Waals surface area contributed by atoms with E-state index >= 15 is 0 Å². The zero-order chi connectivity index (χ0) is 46.4. The van der Waals surface area contributed by atoms with Gasteiger partial charge in [-0.2, -0.15) is 0 Å². The molecule has 0 radical (unpaired) electrons. The van der Waals surface area contributed by atoms with E-state index < -0.39 is 75.7 Å². The maximum absolute atomic E-state index is 12.8. The second-order valence-electron chi connectivity index (χ2n) is 15.8. The molecule has 1 aliphatic rings. The Morgan fingerprint density at radius 3 is 1.30 bits per heavy atom. The molecule has 6 unspecified atom stereocenters. The highest BCUT2D eigenvalue weighted by Gasteiger charge is 2.51. The maximum Gasteiger partial charge on any atom is 0.472 e. The number of hydrogen-bond acceptors (Lipinski definition) is 12. The Morgan fingerprint density at radius 2 is 0.857 bits per heavy atom. The van der Waals surface area contributed by atoms with Crippen LogP contribution in [-0.2, 0) is 32.7 Å². The van der Waals surface area contributed by atoms with E-state index in [9.17, 15) is 44.6 Å². The Balaban J connectivity index is 2.48. The zero-order valence-corrected chi connectivity index (χ0v) is 39.0. The summed E-state index contributed by atoms with van der Waals surface area (Å²) >= 11 is 0. The monoisotopic (exact) mass is 909 g/mol. The van der Waals surface area contributed by atoms with Crippen molar-refractivity contribution in [3.63, 3.8) is 0 Å². The van der Waals surface area contributed by atoms with Gasteiger partial charge in [-0.15, -0.1) is 0 Å². The number of phosphoric ester groups is 1. The molecule has 13 nitrogen and oxygen atoms in total. The molecule has 0 aromatic rings. The van der Waals surface area contributed by atoms with Gasteiger partial charge in [0.2, 0.25) is 0 Å². The lowest BCUT2D eigenvalue weighted by molar-refractivity contribution is -0.220. The molecule has 1 saturated carbocycles. The van der Waals surface area contributed by atoms with Crippen LogP contribution in [0.1, 0.15) is 155 Å². The van der Waals surface area contributed by atoms with Crippen LogP contribution >= 0.6 is 7.82 Å². The summed E-state index contributed by atoms with van der Waals surface area (Å²) < 4.78 is 33.5. The summed E-state index contributed by atoms with van der Waals surface area (Å²) in [6.45, 7) is 3.04. The lowest BCUT2D eigenvalue weighted by Gasteiger charge is -2.41. The van der Waals surface area contributed by atoms with Crippen LogP contribution in [0.15, 0.2) is 85.1 Å². The van der Waals surface area contributed by atoms with Gasteiger partial charge in [0, 0.05) is 12.8 Å². The van der Waals surface area contributed by atoms with Crippen LogP contribution in [0.3, 0.4) is 0 Å². The predicted octanol–water partition coefficient (Wildman–Crippen LogP) is 9.28. The average Bonchev–Trinajstić information content (AvgIpc) is 3.26. The SMILES string of the molecule is CC/C=C\C/C=C\C/C=C\C/C=C\CCCCCCC(=O)OC(COC(=O)CCCCCCCCC/C=C\C/C=C\C/C=C\CC)COP(=O)(O)OC1C(O)C(O)C(O)C(O)C1O. The summed E-state index contributed by atoms with van der Waals surface area (Å²) in [5, 5.41) is 50.2. The Kier molecular flexibility index (Phi) is 35.3. The largest absolute Gasteiger partial charge is 0.472 e. The lowest BCUT2D eigenvalue weighted by atomic mass is 9.85. The van der Waals surface area contributed by atoms with Crippen molar-refractivity contribution in [1.29, 1.82) is 0 Å². The van der Waals surface area contributed by atoms with Gasteiger partial charge in [0.05, 0.1) is 6.61 Å². The summed E-state index contributed by atoms with van der Waals surface area (Å²) in [6.07, 6.45) is 36.3. The number of unbranched alkanes of at least 4 members (excludes halogenated alkanes) is 11. The van der Waals surface area contributed by atoms with Crippen LogP contribution < -0.4 is 0 Å². The minimum absolute atomic E-state index is 0.0615. The number of aliphatic hydroxyl groups is 5. The van der Waals surface area contributed by atoms with Crippen molar-refractivity contribution in [2.45, 2.75) is 198 Å². The van der Waals surface area contributed by atoms with Gasteiger partial charge in [0.1, 0.15) is 43.2 Å². The third kappa shape index (κ3) is 30.7. The Labute approximate surface area is 378 Å². The van der Waals surface area contributed by atoms with Crippen molar-refractivity contribution in [1.82, 2.24) is 0 Å². The summed E-state index contributed by atoms with van der Waals surface area (Å²) in [5.74, 6) is -1.15. The molecule has 1 fully saturated rings. The highest BCUT2D eigenvalue weighted by atomic mass is 31.2. The quantitative estimate of drug-likeness (QED) is 0.0149. The average molecular weight is 909 g/mol. The van der Waals surface area contributed by atoms with Crippen molar-refractivity contribution in [2.75, 3.05) is 13.2 Å². The van der Waals surface area contributed by atoms with Gasteiger partial charge in [0.15, 0.2) is 6.10 Å². The van der Waals surface area contributed by atoms with Crippen LogP contribution in [0.4, 0.5) is 0 Å². The highest BCUT2D eigenvalue weighted by Crippen LogP contribution is 2.47. The van der Waals surface area contributed by atoms with E-state index in [0.29, 0.717) is 12.8 Å². The number of esters is 2. The van der Waals surface area contributed by atoms with Crippen molar-refractivity contribution in [3.05, 3.63) is 85.1 Å². The molecule has 1 rings (SSSR count). The van der Waals surface area contributed by atoms with Gasteiger partial charge in [-0.3, -0.25) is 18.6 Å². The van der Waals surface area contributed by atoms with E-state index in [1.807, 2.05) is 0 Å². The summed E-state index contributed by atoms with van der Waals surface area (Å²) in [5.41, 5.74) is 0. The molecule has 0 aliphatic heterocycles. The number of phosphoric acid groups is 1. The first-order valence-electron chi connectivity index (χ1n) is 23.4. The van der Waals surface area contributed by atoms with Gasteiger partial charge in [0.25, 0.3) is 0 Å². The van der Waals surface area contributed by atoms with Crippen LogP contribution in [0, 0.1) is 0 Å². The molecule has 0 spiro atoms. The number of allylic oxidation sites excluding steroid dienone is 14. The number of carbonyl (C=O) groups excluding carboxylic acids is 2. The predicted molar refractivity (Wildman–Crippen MR) is 248 cm³/mol. The van der Waals surface area contributed by atoms with Crippen molar-refractivity contribution in [2.24, 2.45) is 0 Å². The van der Waals surface area contributed by atoms with Crippen molar-refractivity contribution < 1.29 is 63.1 Å². The molecule has 0 saturated heterocycles. The first-order valence-corrected chi connectivity index (χ1v) is 24.9. The third-order valence-electron chi connectivity index (χ3n) is 10.2. The van der Waals surface area contributed by atoms with Crippen LogP contribution in [-0.4, -0.2) is 98.3 Å². The number of hydrogen-bond donors (Lipinski definition) is 6. The Morgan fingerprint density at radius 1 is 0.492 bits per heavy atom. The molecule has 14 heteroatoms. The number of carbonyl (C=O) groups is 2. The van der Waals surface area contributed by atoms with Crippen molar-refractivity contribution >= 4 is 19.8 Å². The molecule has 1 aliphatic carbocycles. The number of ether oxygens (including phenoxy) is 2. The van der Waals surface area contributed by atoms with Gasteiger partial charge >= 0.3 is 19.8 Å². The second-order valence-corrected chi connectivity index (χ2v) is 17.2. The summed E-state index contributed by atoms with van der Waals surface area (Å²) in [7, 11) is -5.13. The van der Waals surface area contributed by atoms with E-state index in [0.717, 1.165) is 116 Å². The minimum Gasteiger partial charge on any atom is -0.462 e. The maximum atomic E-state index is 12.8. The van der Waals surface area contributed by atoms with Gasteiger partial charge in [-0.1, -0.05) is 144 Å².